The summed E-state index contributed by atoms with van der Waals surface area (Å²) < 4.78 is 5.46. The molecule has 0 aromatic heterocycles. The maximum atomic E-state index is 12.5. The molecule has 0 radical (unpaired) electrons. The zero-order valence-corrected chi connectivity index (χ0v) is 20.5. The van der Waals surface area contributed by atoms with Gasteiger partial charge in [0.25, 0.3) is 0 Å². The maximum absolute atomic E-state index is 12.5. The maximum Gasteiger partial charge on any atom is 0.317 e. The Hall–Kier alpha value is -2.64. The minimum absolute atomic E-state index is 0.000341. The number of rotatable bonds is 10. The molecular formula is C22H38N8O5. The predicted octanol–water partition coefficient (Wildman–Crippen LogP) is -2.66. The molecule has 2 N–H and O–H groups in total. The molecule has 0 aromatic rings. The number of urea groups is 2. The number of carbonyl (C=O) groups is 4. The van der Waals surface area contributed by atoms with Gasteiger partial charge in [0.15, 0.2) is 0 Å². The van der Waals surface area contributed by atoms with Crippen molar-refractivity contribution in [3.63, 3.8) is 0 Å². The fourth-order valence-electron chi connectivity index (χ4n) is 4.82. The van der Waals surface area contributed by atoms with Crippen LogP contribution in [0.25, 0.3) is 0 Å². The minimum Gasteiger partial charge on any atom is -0.362 e. The lowest BCUT2D eigenvalue weighted by molar-refractivity contribution is -0.143. The molecule has 13 heteroatoms. The number of nitrogens with one attached hydrogen (secondary N) is 2. The van der Waals surface area contributed by atoms with E-state index in [1.165, 1.54) is 0 Å². The van der Waals surface area contributed by atoms with Crippen LogP contribution in [0.5, 0.6) is 0 Å². The van der Waals surface area contributed by atoms with Crippen molar-refractivity contribution in [2.24, 2.45) is 0 Å². The second-order valence-electron chi connectivity index (χ2n) is 9.38. The second-order valence-corrected chi connectivity index (χ2v) is 9.38. The van der Waals surface area contributed by atoms with Gasteiger partial charge in [-0.05, 0) is 0 Å². The summed E-state index contributed by atoms with van der Waals surface area (Å²) in [4.78, 5) is 59.9. The van der Waals surface area contributed by atoms with Gasteiger partial charge in [0.1, 0.15) is 13.2 Å². The SMILES string of the molecule is O=C(COCC(=O)N1CCN(CCN2CCNC2=O)CC1)N1CCN(CCN2CCNC2=O)CC1. The first kappa shape index (κ1) is 25.5. The lowest BCUT2D eigenvalue weighted by Gasteiger charge is -2.36. The number of carbonyl (C=O) groups excluding carboxylic acids is 4. The van der Waals surface area contributed by atoms with Crippen LogP contribution in [0.15, 0.2) is 0 Å². The smallest absolute Gasteiger partial charge is 0.317 e. The van der Waals surface area contributed by atoms with E-state index in [0.717, 1.165) is 52.4 Å². The highest BCUT2D eigenvalue weighted by Crippen LogP contribution is 2.06. The van der Waals surface area contributed by atoms with Crippen LogP contribution in [0.4, 0.5) is 9.59 Å². The quantitative estimate of drug-likeness (QED) is 0.340. The molecule has 4 aliphatic heterocycles. The molecule has 4 saturated heterocycles. The van der Waals surface area contributed by atoms with Crippen molar-refractivity contribution in [2.45, 2.75) is 0 Å². The third-order valence-corrected chi connectivity index (χ3v) is 7.16. The first-order chi connectivity index (χ1) is 17.0. The predicted molar refractivity (Wildman–Crippen MR) is 127 cm³/mol. The molecule has 0 atom stereocenters. The van der Waals surface area contributed by atoms with Crippen LogP contribution in [0, 0.1) is 0 Å². The summed E-state index contributed by atoms with van der Waals surface area (Å²) in [7, 11) is 0. The van der Waals surface area contributed by atoms with Gasteiger partial charge in [-0.1, -0.05) is 0 Å². The summed E-state index contributed by atoms with van der Waals surface area (Å²) in [5.41, 5.74) is 0. The fraction of sp³-hybridized carbons (Fsp3) is 0.818. The molecule has 13 nitrogen and oxygen atoms in total. The highest BCUT2D eigenvalue weighted by atomic mass is 16.5. The summed E-state index contributed by atoms with van der Waals surface area (Å²) in [6, 6.07) is 0.000682. The fourth-order valence-corrected chi connectivity index (χ4v) is 4.82. The molecule has 0 bridgehead atoms. The van der Waals surface area contributed by atoms with Crippen LogP contribution < -0.4 is 10.6 Å². The molecule has 196 valence electrons. The number of hydrogen-bond acceptors (Lipinski definition) is 7. The van der Waals surface area contributed by atoms with Gasteiger partial charge < -0.3 is 35.0 Å². The van der Waals surface area contributed by atoms with Gasteiger partial charge in [-0.2, -0.15) is 0 Å². The Labute approximate surface area is 206 Å². The van der Waals surface area contributed by atoms with Gasteiger partial charge in [-0.3, -0.25) is 19.4 Å². The summed E-state index contributed by atoms with van der Waals surface area (Å²) in [5, 5.41) is 5.61. The lowest BCUT2D eigenvalue weighted by atomic mass is 10.3. The number of ether oxygens (including phenoxy) is 1. The molecule has 0 aliphatic carbocycles. The van der Waals surface area contributed by atoms with Gasteiger partial charge in [0.05, 0.1) is 0 Å². The Morgan fingerprint density at radius 2 is 1.00 bits per heavy atom. The Balaban J connectivity index is 1.04. The van der Waals surface area contributed by atoms with Gasteiger partial charge in [-0.15, -0.1) is 0 Å². The Bertz CT molecular complexity index is 705. The van der Waals surface area contributed by atoms with Gasteiger partial charge >= 0.3 is 12.1 Å². The second kappa shape index (κ2) is 12.4. The van der Waals surface area contributed by atoms with E-state index in [0.29, 0.717) is 52.4 Å². The molecular weight excluding hydrogens is 456 g/mol. The summed E-state index contributed by atoms with van der Waals surface area (Å²) in [5.74, 6) is -0.181. The molecule has 4 aliphatic rings. The molecule has 4 heterocycles. The first-order valence-corrected chi connectivity index (χ1v) is 12.6. The van der Waals surface area contributed by atoms with Crippen LogP contribution in [0.2, 0.25) is 0 Å². The van der Waals surface area contributed by atoms with E-state index in [9.17, 15) is 19.2 Å². The molecule has 4 rings (SSSR count). The van der Waals surface area contributed by atoms with Crippen molar-refractivity contribution in [3.8, 4) is 0 Å². The third kappa shape index (κ3) is 7.18. The number of hydrogen-bond donors (Lipinski definition) is 2. The van der Waals surface area contributed by atoms with Gasteiger partial charge in [-0.25, -0.2) is 9.59 Å². The normalized spacial score (nSPS) is 22.1. The van der Waals surface area contributed by atoms with Crippen molar-refractivity contribution in [1.82, 2.24) is 40.0 Å². The minimum atomic E-state index is -0.0906. The monoisotopic (exact) mass is 494 g/mol. The van der Waals surface area contributed by atoms with Crippen LogP contribution in [-0.2, 0) is 14.3 Å². The molecule has 35 heavy (non-hydrogen) atoms. The van der Waals surface area contributed by atoms with E-state index < -0.39 is 0 Å². The summed E-state index contributed by atoms with van der Waals surface area (Å²) in [6.07, 6.45) is 0. The van der Waals surface area contributed by atoms with E-state index in [1.54, 1.807) is 9.80 Å². The molecule has 0 aromatic carbocycles. The van der Waals surface area contributed by atoms with Gasteiger partial charge in [0, 0.05) is 105 Å². The van der Waals surface area contributed by atoms with E-state index in [2.05, 4.69) is 20.4 Å². The summed E-state index contributed by atoms with van der Waals surface area (Å²) >= 11 is 0. The van der Waals surface area contributed by atoms with Crippen LogP contribution in [0.1, 0.15) is 0 Å². The number of nitrogens with zero attached hydrogens (tertiary/aromatic N) is 6. The highest BCUT2D eigenvalue weighted by molar-refractivity contribution is 5.80. The highest BCUT2D eigenvalue weighted by Gasteiger charge is 2.26. The van der Waals surface area contributed by atoms with E-state index in [1.807, 2.05) is 9.80 Å². The van der Waals surface area contributed by atoms with Crippen molar-refractivity contribution >= 4 is 23.9 Å². The van der Waals surface area contributed by atoms with Crippen molar-refractivity contribution < 1.29 is 23.9 Å². The van der Waals surface area contributed by atoms with Crippen molar-refractivity contribution in [2.75, 3.05) is 118 Å². The van der Waals surface area contributed by atoms with Crippen molar-refractivity contribution in [1.29, 1.82) is 0 Å². The average Bonchev–Trinajstić information content (AvgIpc) is 3.49. The number of piperazine rings is 2. The first-order valence-electron chi connectivity index (χ1n) is 12.6. The molecule has 4 fully saturated rings. The van der Waals surface area contributed by atoms with E-state index in [4.69, 9.17) is 4.74 Å². The van der Waals surface area contributed by atoms with Crippen molar-refractivity contribution in [3.05, 3.63) is 0 Å². The average molecular weight is 495 g/mol. The molecule has 6 amide bonds. The Morgan fingerprint density at radius 3 is 1.34 bits per heavy atom. The van der Waals surface area contributed by atoms with Gasteiger partial charge in [0.2, 0.25) is 11.8 Å². The zero-order valence-electron chi connectivity index (χ0n) is 20.5. The number of amides is 6. The molecule has 0 unspecified atom stereocenters. The summed E-state index contributed by atoms with van der Waals surface area (Å²) in [6.45, 7) is 11.4. The Morgan fingerprint density at radius 1 is 0.600 bits per heavy atom. The largest absolute Gasteiger partial charge is 0.362 e. The van der Waals surface area contributed by atoms with Crippen LogP contribution in [-0.4, -0.2) is 171 Å². The molecule has 0 spiro atoms. The standard InChI is InChI=1S/C22H38N8O5/c31-19(27-11-5-25(6-12-27)9-15-29-3-1-23-21(29)33)17-35-18-20(32)28-13-7-26(8-14-28)10-16-30-4-2-24-22(30)34/h1-18H2,(H,23,33)(H,24,34). The van der Waals surface area contributed by atoms with Crippen LogP contribution in [0.3, 0.4) is 0 Å². The van der Waals surface area contributed by atoms with E-state index in [-0.39, 0.29) is 37.1 Å². The van der Waals surface area contributed by atoms with Crippen LogP contribution >= 0.6 is 0 Å². The lowest BCUT2D eigenvalue weighted by Crippen LogP contribution is -2.52. The Kier molecular flexibility index (Phi) is 8.99. The topological polar surface area (TPSA) is 121 Å². The van der Waals surface area contributed by atoms with E-state index >= 15 is 0 Å². The molecule has 0 saturated carbocycles. The zero-order chi connectivity index (χ0) is 24.6. The third-order valence-electron chi connectivity index (χ3n) is 7.16.